The second-order valence-electron chi connectivity index (χ2n) is 8.09. The van der Waals surface area contributed by atoms with E-state index in [1.54, 1.807) is 55.7 Å². The number of carbonyl (C=O) groups excluding carboxylic acids is 1. The Hall–Kier alpha value is -3.78. The maximum absolute atomic E-state index is 12.6. The van der Waals surface area contributed by atoms with E-state index in [-0.39, 0.29) is 5.91 Å². The molecule has 0 saturated heterocycles. The van der Waals surface area contributed by atoms with E-state index in [1.807, 2.05) is 25.1 Å². The van der Waals surface area contributed by atoms with Gasteiger partial charge in [0.05, 0.1) is 27.9 Å². The van der Waals surface area contributed by atoms with Gasteiger partial charge >= 0.3 is 0 Å². The molecule has 2 heterocycles. The Bertz CT molecular complexity index is 1670. The van der Waals surface area contributed by atoms with Crippen LogP contribution in [0, 0.1) is 6.92 Å². The molecule has 0 aliphatic rings. The third-order valence-electron chi connectivity index (χ3n) is 5.59. The van der Waals surface area contributed by atoms with Crippen molar-refractivity contribution in [2.75, 3.05) is 12.4 Å². The Morgan fingerprint density at radius 2 is 1.78 bits per heavy atom. The zero-order valence-corrected chi connectivity index (χ0v) is 21.9. The van der Waals surface area contributed by atoms with Crippen molar-refractivity contribution in [2.45, 2.75) is 6.92 Å². The summed E-state index contributed by atoms with van der Waals surface area (Å²) < 4.78 is 11.0. The molecule has 0 radical (unpaired) electrons. The number of aryl methyl sites for hydroxylation is 1. The quantitative estimate of drug-likeness (QED) is 0.219. The molecule has 1 N–H and O–H groups in total. The molecule has 0 atom stereocenters. The van der Waals surface area contributed by atoms with Crippen LogP contribution >= 0.6 is 34.8 Å². The average Bonchev–Trinajstić information content (AvgIpc) is 3.51. The van der Waals surface area contributed by atoms with Crippen LogP contribution in [0.1, 0.15) is 11.3 Å². The van der Waals surface area contributed by atoms with E-state index in [1.165, 1.54) is 10.9 Å². The zero-order valence-electron chi connectivity index (χ0n) is 19.6. The number of hydrogen-bond acceptors (Lipinski definition) is 5. The van der Waals surface area contributed by atoms with Crippen molar-refractivity contribution in [3.63, 3.8) is 0 Å². The minimum Gasteiger partial charge on any atom is -0.495 e. The first-order valence-corrected chi connectivity index (χ1v) is 12.2. The molecule has 0 saturated carbocycles. The molecule has 0 aliphatic carbocycles. The van der Waals surface area contributed by atoms with Gasteiger partial charge in [0.2, 0.25) is 5.91 Å². The second kappa shape index (κ2) is 10.3. The zero-order chi connectivity index (χ0) is 26.1. The summed E-state index contributed by atoms with van der Waals surface area (Å²) in [5.41, 5.74) is 4.11. The Morgan fingerprint density at radius 1 is 1.00 bits per heavy atom. The number of furan rings is 1. The summed E-state index contributed by atoms with van der Waals surface area (Å²) in [5, 5.41) is 13.2. The number of amides is 1. The Balaban J connectivity index is 1.32. The number of methoxy groups -OCH3 is 1. The number of anilines is 1. The third-order valence-corrected chi connectivity index (χ3v) is 6.71. The molecule has 7 nitrogen and oxygen atoms in total. The summed E-state index contributed by atoms with van der Waals surface area (Å²) in [5.74, 6) is 1.29. The molecule has 2 aromatic heterocycles. The molecule has 5 aromatic rings. The van der Waals surface area contributed by atoms with Crippen molar-refractivity contribution in [3.8, 4) is 22.8 Å². The number of carbonyl (C=O) groups is 1. The van der Waals surface area contributed by atoms with Crippen molar-refractivity contribution in [1.29, 1.82) is 0 Å². The molecule has 186 valence electrons. The van der Waals surface area contributed by atoms with Crippen LogP contribution in [-0.4, -0.2) is 28.0 Å². The highest BCUT2D eigenvalue weighted by Gasteiger charge is 2.13. The minimum absolute atomic E-state index is 0.324. The van der Waals surface area contributed by atoms with Gasteiger partial charge in [-0.15, -0.1) is 10.2 Å². The highest BCUT2D eigenvalue weighted by molar-refractivity contribution is 6.43. The number of aromatic nitrogens is 3. The number of nitrogens with zero attached hydrogens (tertiary/aromatic N) is 3. The number of hydrogen-bond donors (Lipinski definition) is 1. The first kappa shape index (κ1) is 24.9. The summed E-state index contributed by atoms with van der Waals surface area (Å²) >= 11 is 18.6. The van der Waals surface area contributed by atoms with Crippen molar-refractivity contribution in [1.82, 2.24) is 15.0 Å². The summed E-state index contributed by atoms with van der Waals surface area (Å²) in [6, 6.07) is 17.7. The van der Waals surface area contributed by atoms with Crippen LogP contribution in [0.25, 0.3) is 34.1 Å². The topological polar surface area (TPSA) is 82.2 Å². The highest BCUT2D eigenvalue weighted by Crippen LogP contribution is 2.34. The first-order chi connectivity index (χ1) is 17.8. The van der Waals surface area contributed by atoms with E-state index >= 15 is 0 Å². The Kier molecular flexibility index (Phi) is 6.93. The van der Waals surface area contributed by atoms with E-state index in [0.717, 1.165) is 5.56 Å². The normalized spacial score (nSPS) is 11.4. The average molecular weight is 554 g/mol. The molecule has 0 fully saturated rings. The fourth-order valence-electron chi connectivity index (χ4n) is 3.71. The van der Waals surface area contributed by atoms with E-state index in [4.69, 9.17) is 44.0 Å². The van der Waals surface area contributed by atoms with Crippen LogP contribution < -0.4 is 10.1 Å². The van der Waals surface area contributed by atoms with Gasteiger partial charge in [-0.3, -0.25) is 4.79 Å². The van der Waals surface area contributed by atoms with Gasteiger partial charge in [0.25, 0.3) is 0 Å². The van der Waals surface area contributed by atoms with Gasteiger partial charge in [-0.25, -0.2) is 0 Å². The fourth-order valence-corrected chi connectivity index (χ4v) is 4.36. The summed E-state index contributed by atoms with van der Waals surface area (Å²) in [4.78, 5) is 14.1. The maximum Gasteiger partial charge on any atom is 0.248 e. The lowest BCUT2D eigenvalue weighted by molar-refractivity contribution is -0.111. The van der Waals surface area contributed by atoms with Crippen LogP contribution in [0.3, 0.4) is 0 Å². The monoisotopic (exact) mass is 552 g/mol. The van der Waals surface area contributed by atoms with Gasteiger partial charge in [-0.1, -0.05) is 40.9 Å². The first-order valence-electron chi connectivity index (χ1n) is 11.1. The summed E-state index contributed by atoms with van der Waals surface area (Å²) in [6.07, 6.45) is 2.97. The summed E-state index contributed by atoms with van der Waals surface area (Å²) in [6.45, 7) is 1.88. The van der Waals surface area contributed by atoms with Gasteiger partial charge in [0.15, 0.2) is 0 Å². The number of benzene rings is 3. The second-order valence-corrected chi connectivity index (χ2v) is 9.28. The molecule has 5 rings (SSSR count). The maximum atomic E-state index is 12.6. The van der Waals surface area contributed by atoms with Gasteiger partial charge in [-0.2, -0.15) is 4.80 Å². The molecule has 0 bridgehead atoms. The number of halogens is 3. The minimum atomic E-state index is -0.324. The number of nitrogens with one attached hydrogen (secondary N) is 1. The standard InChI is InChI=1S/C27H19Cl3N4O3/c1-15-12-22-23(33-34(32-22)16-6-9-25(36-2)20(29)13-16)14-21(15)31-26(35)11-8-17-7-10-24(37-17)18-4-3-5-19(28)27(18)30/h3-14H,1-2H3,(H,31,35). The lowest BCUT2D eigenvalue weighted by Gasteiger charge is -2.05. The summed E-state index contributed by atoms with van der Waals surface area (Å²) in [7, 11) is 1.55. The smallest absolute Gasteiger partial charge is 0.248 e. The highest BCUT2D eigenvalue weighted by atomic mass is 35.5. The number of rotatable bonds is 6. The number of ether oxygens (including phenoxy) is 1. The molecule has 10 heteroatoms. The SMILES string of the molecule is COc1ccc(-n2nc3cc(C)c(NC(=O)C=Cc4ccc(-c5cccc(Cl)c5Cl)o4)cc3n2)cc1Cl. The van der Waals surface area contributed by atoms with Crippen molar-refractivity contribution >= 4 is 63.5 Å². The molecular weight excluding hydrogens is 535 g/mol. The van der Waals surface area contributed by atoms with Crippen molar-refractivity contribution in [2.24, 2.45) is 0 Å². The van der Waals surface area contributed by atoms with Crippen LogP contribution in [0.15, 0.2) is 71.2 Å². The molecule has 0 aliphatic heterocycles. The van der Waals surface area contributed by atoms with Crippen molar-refractivity contribution < 1.29 is 13.9 Å². The van der Waals surface area contributed by atoms with Crippen LogP contribution in [0.2, 0.25) is 15.1 Å². The van der Waals surface area contributed by atoms with Gasteiger partial charge in [0.1, 0.15) is 28.3 Å². The van der Waals surface area contributed by atoms with Crippen LogP contribution in [0.4, 0.5) is 5.69 Å². The van der Waals surface area contributed by atoms with Gasteiger partial charge in [-0.05, 0) is 73.2 Å². The van der Waals surface area contributed by atoms with Gasteiger partial charge in [0, 0.05) is 17.3 Å². The molecular formula is C27H19Cl3N4O3. The molecule has 1 amide bonds. The van der Waals surface area contributed by atoms with E-state index in [2.05, 4.69) is 15.5 Å². The molecule has 0 unspecified atom stereocenters. The fraction of sp³-hybridized carbons (Fsp3) is 0.0741. The van der Waals surface area contributed by atoms with E-state index < -0.39 is 0 Å². The lowest BCUT2D eigenvalue weighted by Crippen LogP contribution is -2.08. The van der Waals surface area contributed by atoms with E-state index in [0.29, 0.717) is 60.3 Å². The Morgan fingerprint density at radius 3 is 2.54 bits per heavy atom. The van der Waals surface area contributed by atoms with Crippen molar-refractivity contribution in [3.05, 3.63) is 93.1 Å². The lowest BCUT2D eigenvalue weighted by atomic mass is 10.1. The largest absolute Gasteiger partial charge is 0.495 e. The third kappa shape index (κ3) is 5.20. The Labute approximate surface area is 227 Å². The van der Waals surface area contributed by atoms with Crippen LogP contribution in [-0.2, 0) is 4.79 Å². The van der Waals surface area contributed by atoms with Crippen LogP contribution in [0.5, 0.6) is 5.75 Å². The number of fused-ring (bicyclic) bond motifs is 1. The molecule has 3 aromatic carbocycles. The van der Waals surface area contributed by atoms with Gasteiger partial charge < -0.3 is 14.5 Å². The predicted molar refractivity (Wildman–Crippen MR) is 147 cm³/mol. The predicted octanol–water partition coefficient (Wildman–Crippen LogP) is 7.61. The molecule has 37 heavy (non-hydrogen) atoms. The van der Waals surface area contributed by atoms with E-state index in [9.17, 15) is 4.79 Å². The molecule has 0 spiro atoms.